The summed E-state index contributed by atoms with van der Waals surface area (Å²) in [4.78, 5) is 11.1. The molecule has 3 nitrogen and oxygen atoms in total. The number of carbonyl (C=O) groups is 1. The van der Waals surface area contributed by atoms with Crippen LogP contribution < -0.4 is 5.32 Å². The summed E-state index contributed by atoms with van der Waals surface area (Å²) in [5.41, 5.74) is 0. The van der Waals surface area contributed by atoms with Gasteiger partial charge in [-0.05, 0) is 13.8 Å². The Balaban J connectivity index is 2.31. The Morgan fingerprint density at radius 1 is 1.82 bits per heavy atom. The van der Waals surface area contributed by atoms with Crippen LogP contribution in [0.4, 0.5) is 0 Å². The van der Waals surface area contributed by atoms with Crippen molar-refractivity contribution < 1.29 is 9.53 Å². The van der Waals surface area contributed by atoms with Gasteiger partial charge in [-0.25, -0.2) is 0 Å². The molecule has 0 unspecified atom stereocenters. The minimum atomic E-state index is -0.121. The van der Waals surface area contributed by atoms with Crippen molar-refractivity contribution in [2.45, 2.75) is 25.3 Å². The van der Waals surface area contributed by atoms with Crippen LogP contribution in [0.3, 0.4) is 0 Å². The third kappa shape index (κ3) is 2.38. The van der Waals surface area contributed by atoms with Crippen molar-refractivity contribution in [2.75, 3.05) is 12.4 Å². The zero-order valence-corrected chi connectivity index (χ0v) is 7.61. The molecular formula is C7H13NO2S. The fourth-order valence-corrected chi connectivity index (χ4v) is 1.97. The highest BCUT2D eigenvalue weighted by Crippen LogP contribution is 2.18. The maximum Gasteiger partial charge on any atom is 0.324 e. The average molecular weight is 175 g/mol. The predicted molar refractivity (Wildman–Crippen MR) is 45.5 cm³/mol. The highest BCUT2D eigenvalue weighted by molar-refractivity contribution is 8.00. The molecule has 11 heavy (non-hydrogen) atoms. The van der Waals surface area contributed by atoms with Gasteiger partial charge in [0.15, 0.2) is 0 Å². The van der Waals surface area contributed by atoms with E-state index in [-0.39, 0.29) is 12.0 Å². The molecule has 1 aliphatic rings. The topological polar surface area (TPSA) is 38.3 Å². The quantitative estimate of drug-likeness (QED) is 0.624. The lowest BCUT2D eigenvalue weighted by molar-refractivity contribution is -0.144. The van der Waals surface area contributed by atoms with Gasteiger partial charge in [0, 0.05) is 5.75 Å². The van der Waals surface area contributed by atoms with E-state index in [1.807, 2.05) is 13.8 Å². The van der Waals surface area contributed by atoms with E-state index in [2.05, 4.69) is 5.32 Å². The molecule has 0 bridgehead atoms. The molecule has 0 aliphatic carbocycles. The van der Waals surface area contributed by atoms with E-state index < -0.39 is 0 Å². The van der Waals surface area contributed by atoms with Gasteiger partial charge < -0.3 is 4.74 Å². The van der Waals surface area contributed by atoms with Crippen molar-refractivity contribution in [3.63, 3.8) is 0 Å². The van der Waals surface area contributed by atoms with Crippen LogP contribution in [0.25, 0.3) is 0 Å². The Bertz CT molecular complexity index is 151. The Kier molecular flexibility index (Phi) is 3.20. The fraction of sp³-hybridized carbons (Fsp3) is 0.857. The van der Waals surface area contributed by atoms with E-state index >= 15 is 0 Å². The Morgan fingerprint density at radius 2 is 2.55 bits per heavy atom. The normalized spacial score (nSPS) is 30.4. The van der Waals surface area contributed by atoms with Gasteiger partial charge in [-0.1, -0.05) is 0 Å². The monoisotopic (exact) mass is 175 g/mol. The molecule has 1 heterocycles. The summed E-state index contributed by atoms with van der Waals surface area (Å²) in [6, 6.07) is -0.0880. The van der Waals surface area contributed by atoms with E-state index in [9.17, 15) is 4.79 Å². The lowest BCUT2D eigenvalue weighted by Gasteiger charge is -2.08. The molecule has 0 aromatic rings. The van der Waals surface area contributed by atoms with Crippen molar-refractivity contribution in [3.05, 3.63) is 0 Å². The third-order valence-electron chi connectivity index (χ3n) is 1.52. The van der Waals surface area contributed by atoms with E-state index in [0.29, 0.717) is 12.0 Å². The first-order chi connectivity index (χ1) is 5.24. The molecule has 0 spiro atoms. The van der Waals surface area contributed by atoms with E-state index in [1.54, 1.807) is 11.8 Å². The van der Waals surface area contributed by atoms with Gasteiger partial charge >= 0.3 is 5.97 Å². The first-order valence-corrected chi connectivity index (χ1v) is 4.83. The van der Waals surface area contributed by atoms with Crippen LogP contribution in [0.1, 0.15) is 13.8 Å². The molecule has 0 saturated carbocycles. The molecule has 1 saturated heterocycles. The Labute approximate surface area is 70.9 Å². The lowest BCUT2D eigenvalue weighted by atomic mass is 10.3. The maximum absolute atomic E-state index is 11.1. The summed E-state index contributed by atoms with van der Waals surface area (Å²) < 4.78 is 4.86. The summed E-state index contributed by atoms with van der Waals surface area (Å²) in [6.07, 6.45) is 0. The van der Waals surface area contributed by atoms with E-state index in [4.69, 9.17) is 4.74 Å². The van der Waals surface area contributed by atoms with Gasteiger partial charge in [0.05, 0.1) is 12.0 Å². The van der Waals surface area contributed by atoms with E-state index in [1.165, 1.54) is 0 Å². The molecule has 0 radical (unpaired) electrons. The van der Waals surface area contributed by atoms with Gasteiger partial charge in [-0.3, -0.25) is 10.1 Å². The van der Waals surface area contributed by atoms with Gasteiger partial charge in [0.25, 0.3) is 0 Å². The van der Waals surface area contributed by atoms with Crippen LogP contribution in [0, 0.1) is 0 Å². The van der Waals surface area contributed by atoms with Crippen molar-refractivity contribution in [3.8, 4) is 0 Å². The summed E-state index contributed by atoms with van der Waals surface area (Å²) in [5, 5.41) is 3.51. The number of esters is 1. The molecule has 0 amide bonds. The Hall–Kier alpha value is -0.220. The molecule has 1 rings (SSSR count). The van der Waals surface area contributed by atoms with Gasteiger partial charge in [-0.2, -0.15) is 0 Å². The van der Waals surface area contributed by atoms with Crippen LogP contribution in [0.5, 0.6) is 0 Å². The molecule has 0 aromatic carbocycles. The van der Waals surface area contributed by atoms with Gasteiger partial charge in [0.1, 0.15) is 6.04 Å². The average Bonchev–Trinajstić information content (AvgIpc) is 2.36. The molecular weight excluding hydrogens is 162 g/mol. The van der Waals surface area contributed by atoms with Crippen molar-refractivity contribution in [1.29, 1.82) is 0 Å². The standard InChI is InChI=1S/C7H13NO2S/c1-3-10-7(9)6-4-11-5(2)8-6/h5-6,8H,3-4H2,1-2H3/t5-,6+/m1/s1. The molecule has 1 fully saturated rings. The number of nitrogens with one attached hydrogen (secondary N) is 1. The highest BCUT2D eigenvalue weighted by atomic mass is 32.2. The van der Waals surface area contributed by atoms with Crippen LogP contribution in [-0.4, -0.2) is 29.7 Å². The second-order valence-corrected chi connectivity index (χ2v) is 3.82. The summed E-state index contributed by atoms with van der Waals surface area (Å²) in [5.74, 6) is 0.712. The predicted octanol–water partition coefficient (Wildman–Crippen LogP) is 0.600. The first kappa shape index (κ1) is 8.87. The van der Waals surface area contributed by atoms with Crippen molar-refractivity contribution in [2.24, 2.45) is 0 Å². The molecule has 64 valence electrons. The zero-order chi connectivity index (χ0) is 8.27. The minimum Gasteiger partial charge on any atom is -0.465 e. The summed E-state index contributed by atoms with van der Waals surface area (Å²) in [7, 11) is 0. The van der Waals surface area contributed by atoms with Crippen LogP contribution >= 0.6 is 11.8 Å². The number of carbonyl (C=O) groups excluding carboxylic acids is 1. The number of ether oxygens (including phenoxy) is 1. The molecule has 2 atom stereocenters. The zero-order valence-electron chi connectivity index (χ0n) is 6.79. The Morgan fingerprint density at radius 3 is 3.00 bits per heavy atom. The van der Waals surface area contributed by atoms with Gasteiger partial charge in [-0.15, -0.1) is 11.8 Å². The lowest BCUT2D eigenvalue weighted by Crippen LogP contribution is -2.37. The second-order valence-electron chi connectivity index (χ2n) is 2.45. The maximum atomic E-state index is 11.1. The minimum absolute atomic E-state index is 0.0880. The van der Waals surface area contributed by atoms with Crippen LogP contribution in [-0.2, 0) is 9.53 Å². The van der Waals surface area contributed by atoms with Crippen molar-refractivity contribution >= 4 is 17.7 Å². The molecule has 0 aromatic heterocycles. The molecule has 4 heteroatoms. The fourth-order valence-electron chi connectivity index (χ4n) is 0.999. The van der Waals surface area contributed by atoms with Crippen LogP contribution in [0.15, 0.2) is 0 Å². The smallest absolute Gasteiger partial charge is 0.324 e. The largest absolute Gasteiger partial charge is 0.465 e. The summed E-state index contributed by atoms with van der Waals surface area (Å²) in [6.45, 7) is 4.34. The SMILES string of the molecule is CCOC(=O)[C@@H]1CS[C@H](C)N1. The third-order valence-corrected chi connectivity index (χ3v) is 2.68. The van der Waals surface area contributed by atoms with E-state index in [0.717, 1.165) is 5.75 Å². The number of hydrogen-bond donors (Lipinski definition) is 1. The number of thioether (sulfide) groups is 1. The molecule has 1 aliphatic heterocycles. The summed E-state index contributed by atoms with van der Waals surface area (Å²) >= 11 is 1.75. The van der Waals surface area contributed by atoms with Crippen molar-refractivity contribution in [1.82, 2.24) is 5.32 Å². The second kappa shape index (κ2) is 3.97. The highest BCUT2D eigenvalue weighted by Gasteiger charge is 2.27. The van der Waals surface area contributed by atoms with Crippen LogP contribution in [0.2, 0.25) is 0 Å². The number of rotatable bonds is 2. The first-order valence-electron chi connectivity index (χ1n) is 3.78. The van der Waals surface area contributed by atoms with Gasteiger partial charge in [0.2, 0.25) is 0 Å². The number of hydrogen-bond acceptors (Lipinski definition) is 4. The molecule has 1 N–H and O–H groups in total.